The summed E-state index contributed by atoms with van der Waals surface area (Å²) in [5.74, 6) is -0.131. The minimum atomic E-state index is -0.180. The Morgan fingerprint density at radius 1 is 1.00 bits per heavy atom. The molecule has 1 unspecified atom stereocenters. The summed E-state index contributed by atoms with van der Waals surface area (Å²) in [5.41, 5.74) is 0. The predicted molar refractivity (Wildman–Crippen MR) is 72.2 cm³/mol. The average Bonchev–Trinajstić information content (AvgIpc) is 2.75. The van der Waals surface area contributed by atoms with Gasteiger partial charge in [-0.3, -0.25) is 14.5 Å². The molecule has 4 nitrogen and oxygen atoms in total. The number of carbonyl (C=O) groups is 2. The molecule has 106 valence electrons. The van der Waals surface area contributed by atoms with E-state index in [0.717, 1.165) is 24.0 Å². The van der Waals surface area contributed by atoms with Crippen LogP contribution in [0.5, 0.6) is 0 Å². The van der Waals surface area contributed by atoms with Crippen molar-refractivity contribution in [3.05, 3.63) is 12.5 Å². The number of carbonyl (C=O) groups excluding carboxylic acids is 2. The Labute approximate surface area is 114 Å². The van der Waals surface area contributed by atoms with E-state index < -0.39 is 0 Å². The van der Waals surface area contributed by atoms with E-state index in [2.05, 4.69) is 0 Å². The molecule has 0 aromatic rings. The summed E-state index contributed by atoms with van der Waals surface area (Å²) in [6.07, 6.45) is 11.8. The molecule has 1 aliphatic carbocycles. The minimum absolute atomic E-state index is 0.125. The number of aliphatic hydroxyl groups excluding tert-OH is 1. The van der Waals surface area contributed by atoms with Gasteiger partial charge in [0, 0.05) is 12.6 Å². The maximum absolute atomic E-state index is 12.2. The Bertz CT molecular complexity index is 354. The van der Waals surface area contributed by atoms with Gasteiger partial charge in [-0.25, -0.2) is 0 Å². The van der Waals surface area contributed by atoms with Crippen LogP contribution in [-0.2, 0) is 9.59 Å². The summed E-state index contributed by atoms with van der Waals surface area (Å²) in [5, 5.41) is 8.75. The molecular weight excluding hydrogens is 242 g/mol. The lowest BCUT2D eigenvalue weighted by molar-refractivity contribution is -0.136. The summed E-state index contributed by atoms with van der Waals surface area (Å²) in [4.78, 5) is 25.1. The molecule has 2 fully saturated rings. The van der Waals surface area contributed by atoms with Crippen LogP contribution in [0.25, 0.3) is 0 Å². The SMILES string of the molecule is O=C1CC(C2CCCCCCCC2)C(=O)N1/C=C/O. The average molecular weight is 265 g/mol. The van der Waals surface area contributed by atoms with Gasteiger partial charge in [-0.05, 0) is 18.8 Å². The van der Waals surface area contributed by atoms with Gasteiger partial charge in [0.25, 0.3) is 0 Å². The molecule has 1 atom stereocenters. The van der Waals surface area contributed by atoms with Crippen LogP contribution in [0.4, 0.5) is 0 Å². The van der Waals surface area contributed by atoms with Gasteiger partial charge in [0.1, 0.15) is 0 Å². The lowest BCUT2D eigenvalue weighted by Crippen LogP contribution is -2.28. The van der Waals surface area contributed by atoms with Crippen molar-refractivity contribution in [1.29, 1.82) is 0 Å². The zero-order valence-corrected chi connectivity index (χ0v) is 11.4. The number of aliphatic hydroxyl groups is 1. The Kier molecular flexibility index (Phi) is 5.00. The van der Waals surface area contributed by atoms with Gasteiger partial charge in [0.2, 0.25) is 11.8 Å². The molecule has 2 aliphatic rings. The number of hydrogen-bond acceptors (Lipinski definition) is 3. The Morgan fingerprint density at radius 2 is 1.58 bits per heavy atom. The van der Waals surface area contributed by atoms with Crippen LogP contribution in [-0.4, -0.2) is 21.8 Å². The van der Waals surface area contributed by atoms with Crippen LogP contribution in [0.3, 0.4) is 0 Å². The van der Waals surface area contributed by atoms with E-state index >= 15 is 0 Å². The highest BCUT2D eigenvalue weighted by atomic mass is 16.2. The molecule has 1 N–H and O–H groups in total. The number of hydrogen-bond donors (Lipinski definition) is 1. The second-order valence-corrected chi connectivity index (χ2v) is 5.67. The first kappa shape index (κ1) is 14.1. The van der Waals surface area contributed by atoms with Crippen molar-refractivity contribution in [3.63, 3.8) is 0 Å². The molecule has 0 bridgehead atoms. The normalized spacial score (nSPS) is 27.6. The fraction of sp³-hybridized carbons (Fsp3) is 0.733. The topological polar surface area (TPSA) is 57.6 Å². The van der Waals surface area contributed by atoms with Gasteiger partial charge in [0.05, 0.1) is 12.2 Å². The molecule has 0 radical (unpaired) electrons. The van der Waals surface area contributed by atoms with Gasteiger partial charge >= 0.3 is 0 Å². The first-order valence-corrected chi connectivity index (χ1v) is 7.41. The van der Waals surface area contributed by atoms with E-state index in [1.165, 1.54) is 44.7 Å². The molecule has 1 saturated carbocycles. The second-order valence-electron chi connectivity index (χ2n) is 5.67. The van der Waals surface area contributed by atoms with Crippen LogP contribution < -0.4 is 0 Å². The molecule has 1 aliphatic heterocycles. The third-order valence-corrected chi connectivity index (χ3v) is 4.40. The van der Waals surface area contributed by atoms with E-state index in [1.807, 2.05) is 0 Å². The minimum Gasteiger partial charge on any atom is -0.514 e. The third-order valence-electron chi connectivity index (χ3n) is 4.40. The summed E-state index contributed by atoms with van der Waals surface area (Å²) in [7, 11) is 0. The third kappa shape index (κ3) is 3.37. The summed E-state index contributed by atoms with van der Waals surface area (Å²) in [6.45, 7) is 0. The van der Waals surface area contributed by atoms with Crippen molar-refractivity contribution in [2.75, 3.05) is 0 Å². The molecule has 4 heteroatoms. The summed E-state index contributed by atoms with van der Waals surface area (Å²) in [6, 6.07) is 0. The van der Waals surface area contributed by atoms with Crippen molar-refractivity contribution in [2.24, 2.45) is 11.8 Å². The van der Waals surface area contributed by atoms with Crippen LogP contribution in [0.1, 0.15) is 57.8 Å². The van der Waals surface area contributed by atoms with Gasteiger partial charge < -0.3 is 5.11 Å². The van der Waals surface area contributed by atoms with Gasteiger partial charge in [0.15, 0.2) is 0 Å². The van der Waals surface area contributed by atoms with E-state index in [0.29, 0.717) is 12.3 Å². The molecule has 1 saturated heterocycles. The monoisotopic (exact) mass is 265 g/mol. The van der Waals surface area contributed by atoms with Gasteiger partial charge in [-0.1, -0.05) is 38.5 Å². The highest BCUT2D eigenvalue weighted by Gasteiger charge is 2.41. The fourth-order valence-electron chi connectivity index (χ4n) is 3.33. The number of nitrogens with zero attached hydrogens (tertiary/aromatic N) is 1. The molecule has 1 heterocycles. The van der Waals surface area contributed by atoms with Crippen molar-refractivity contribution in [2.45, 2.75) is 57.8 Å². The Hall–Kier alpha value is -1.32. The van der Waals surface area contributed by atoms with Crippen LogP contribution >= 0.6 is 0 Å². The molecule has 19 heavy (non-hydrogen) atoms. The maximum Gasteiger partial charge on any atom is 0.237 e. The van der Waals surface area contributed by atoms with E-state index in [-0.39, 0.29) is 17.7 Å². The van der Waals surface area contributed by atoms with E-state index in [4.69, 9.17) is 5.11 Å². The first-order chi connectivity index (χ1) is 9.24. The van der Waals surface area contributed by atoms with Gasteiger partial charge in [-0.2, -0.15) is 0 Å². The Morgan fingerprint density at radius 3 is 2.16 bits per heavy atom. The van der Waals surface area contributed by atoms with Crippen LogP contribution in [0.15, 0.2) is 12.5 Å². The number of likely N-dealkylation sites (tertiary alicyclic amines) is 1. The van der Waals surface area contributed by atoms with Crippen LogP contribution in [0.2, 0.25) is 0 Å². The van der Waals surface area contributed by atoms with E-state index in [1.54, 1.807) is 0 Å². The standard InChI is InChI=1S/C15H23NO3/c17-10-9-16-14(18)11-13(15(16)19)12-7-5-3-1-2-4-6-8-12/h9-10,12-13,17H,1-8,11H2/b10-9+. The molecular formula is C15H23NO3. The molecule has 0 aromatic heterocycles. The van der Waals surface area contributed by atoms with Crippen molar-refractivity contribution < 1.29 is 14.7 Å². The van der Waals surface area contributed by atoms with Gasteiger partial charge in [-0.15, -0.1) is 0 Å². The van der Waals surface area contributed by atoms with Crippen LogP contribution in [0, 0.1) is 11.8 Å². The highest BCUT2D eigenvalue weighted by molar-refractivity contribution is 6.04. The molecule has 0 spiro atoms. The quantitative estimate of drug-likeness (QED) is 0.616. The summed E-state index contributed by atoms with van der Waals surface area (Å²) >= 11 is 0. The smallest absolute Gasteiger partial charge is 0.237 e. The number of imide groups is 1. The second kappa shape index (κ2) is 6.73. The zero-order chi connectivity index (χ0) is 13.7. The predicted octanol–water partition coefficient (Wildman–Crippen LogP) is 3.14. The summed E-state index contributed by atoms with van der Waals surface area (Å²) < 4.78 is 0. The maximum atomic E-state index is 12.2. The van der Waals surface area contributed by atoms with Crippen molar-refractivity contribution in [1.82, 2.24) is 4.90 Å². The molecule has 0 aromatic carbocycles. The largest absolute Gasteiger partial charge is 0.514 e. The van der Waals surface area contributed by atoms with Crippen molar-refractivity contribution in [3.8, 4) is 0 Å². The highest BCUT2D eigenvalue weighted by Crippen LogP contribution is 2.34. The molecule has 2 amide bonds. The van der Waals surface area contributed by atoms with Crippen molar-refractivity contribution >= 4 is 11.8 Å². The fourth-order valence-corrected chi connectivity index (χ4v) is 3.33. The lowest BCUT2D eigenvalue weighted by atomic mass is 9.83. The number of rotatable bonds is 2. The van der Waals surface area contributed by atoms with E-state index in [9.17, 15) is 9.59 Å². The first-order valence-electron chi connectivity index (χ1n) is 7.41. The number of amides is 2. The molecule has 2 rings (SSSR count). The lowest BCUT2D eigenvalue weighted by Gasteiger charge is -2.21. The zero-order valence-electron chi connectivity index (χ0n) is 11.4. The Balaban J connectivity index is 2.03.